The smallest absolute Gasteiger partial charge is 0.173 e. The maximum atomic E-state index is 11.7. The molecule has 3 nitrogen and oxygen atoms in total. The first kappa shape index (κ1) is 15.1. The highest BCUT2D eigenvalue weighted by atomic mass is 35.5. The van der Waals surface area contributed by atoms with E-state index in [2.05, 4.69) is 4.90 Å². The van der Waals surface area contributed by atoms with E-state index in [0.717, 1.165) is 11.3 Å². The number of benzene rings is 2. The van der Waals surface area contributed by atoms with Crippen LogP contribution in [0, 0.1) is 0 Å². The quantitative estimate of drug-likeness (QED) is 0.857. The Kier molecular flexibility index (Phi) is 4.23. The molecular formula is C17H16ClNO2S. The molecule has 2 aromatic carbocycles. The van der Waals surface area contributed by atoms with Crippen molar-refractivity contribution in [1.29, 1.82) is 0 Å². The Bertz CT molecular complexity index is 787. The highest BCUT2D eigenvalue weighted by Crippen LogP contribution is 2.25. The lowest BCUT2D eigenvalue weighted by Crippen LogP contribution is -2.35. The maximum absolute atomic E-state index is 11.7. The van der Waals surface area contributed by atoms with Crippen LogP contribution in [-0.4, -0.2) is 20.2 Å². The van der Waals surface area contributed by atoms with E-state index in [1.807, 2.05) is 54.6 Å². The van der Waals surface area contributed by atoms with Gasteiger partial charge in [-0.05, 0) is 35.9 Å². The molecule has 0 N–H and O–H groups in total. The Morgan fingerprint density at radius 2 is 1.86 bits per heavy atom. The molecule has 0 aromatic heterocycles. The summed E-state index contributed by atoms with van der Waals surface area (Å²) >= 11 is 6.05. The van der Waals surface area contributed by atoms with Crippen LogP contribution in [0.2, 0.25) is 5.02 Å². The molecule has 0 radical (unpaired) electrons. The van der Waals surface area contributed by atoms with Crippen molar-refractivity contribution in [2.24, 2.45) is 0 Å². The van der Waals surface area contributed by atoms with Gasteiger partial charge in [-0.2, -0.15) is 0 Å². The highest BCUT2D eigenvalue weighted by molar-refractivity contribution is 7.94. The van der Waals surface area contributed by atoms with E-state index in [0.29, 0.717) is 11.6 Å². The molecule has 1 atom stereocenters. The zero-order valence-electron chi connectivity index (χ0n) is 11.9. The predicted molar refractivity (Wildman–Crippen MR) is 90.8 cm³/mol. The SMILES string of the molecule is O=S1(=O)C=C[C@H](N(Cc2cccc(Cl)c2)c2ccccc2)C1. The molecule has 114 valence electrons. The summed E-state index contributed by atoms with van der Waals surface area (Å²) in [4.78, 5) is 2.09. The Labute approximate surface area is 135 Å². The van der Waals surface area contributed by atoms with Gasteiger partial charge in [0.2, 0.25) is 0 Å². The van der Waals surface area contributed by atoms with Crippen LogP contribution in [0.25, 0.3) is 0 Å². The number of halogens is 1. The molecule has 1 aliphatic heterocycles. The van der Waals surface area contributed by atoms with Gasteiger partial charge in [0, 0.05) is 22.7 Å². The number of hydrogen-bond donors (Lipinski definition) is 0. The fourth-order valence-electron chi connectivity index (χ4n) is 2.60. The van der Waals surface area contributed by atoms with Gasteiger partial charge < -0.3 is 4.90 Å². The first-order valence-electron chi connectivity index (χ1n) is 7.01. The molecular weight excluding hydrogens is 318 g/mol. The number of nitrogens with zero attached hydrogens (tertiary/aromatic N) is 1. The van der Waals surface area contributed by atoms with Gasteiger partial charge in [0.1, 0.15) is 0 Å². The summed E-state index contributed by atoms with van der Waals surface area (Å²) in [5, 5.41) is 1.99. The van der Waals surface area contributed by atoms with Gasteiger partial charge in [0.15, 0.2) is 9.84 Å². The summed E-state index contributed by atoms with van der Waals surface area (Å²) in [6, 6.07) is 17.3. The van der Waals surface area contributed by atoms with E-state index < -0.39 is 9.84 Å². The molecule has 0 saturated carbocycles. The Hall–Kier alpha value is -1.78. The van der Waals surface area contributed by atoms with Crippen molar-refractivity contribution in [3.63, 3.8) is 0 Å². The van der Waals surface area contributed by atoms with Crippen LogP contribution < -0.4 is 4.90 Å². The first-order chi connectivity index (χ1) is 10.5. The third kappa shape index (κ3) is 3.51. The number of hydrogen-bond acceptors (Lipinski definition) is 3. The molecule has 0 bridgehead atoms. The minimum atomic E-state index is -3.10. The molecule has 22 heavy (non-hydrogen) atoms. The molecule has 5 heteroatoms. The molecule has 1 aliphatic rings. The van der Waals surface area contributed by atoms with E-state index in [4.69, 9.17) is 11.6 Å². The van der Waals surface area contributed by atoms with Crippen molar-refractivity contribution in [3.05, 3.63) is 76.7 Å². The third-order valence-corrected chi connectivity index (χ3v) is 5.25. The van der Waals surface area contributed by atoms with Gasteiger partial charge in [0.25, 0.3) is 0 Å². The van der Waals surface area contributed by atoms with Gasteiger partial charge in [-0.15, -0.1) is 0 Å². The van der Waals surface area contributed by atoms with Gasteiger partial charge in [0.05, 0.1) is 11.8 Å². The van der Waals surface area contributed by atoms with E-state index in [-0.39, 0.29) is 11.8 Å². The molecule has 0 aliphatic carbocycles. The van der Waals surface area contributed by atoms with Crippen LogP contribution >= 0.6 is 11.6 Å². The highest BCUT2D eigenvalue weighted by Gasteiger charge is 2.27. The van der Waals surface area contributed by atoms with Crippen molar-refractivity contribution in [2.45, 2.75) is 12.6 Å². The van der Waals surface area contributed by atoms with Gasteiger partial charge in [-0.3, -0.25) is 0 Å². The van der Waals surface area contributed by atoms with Crippen LogP contribution in [0.3, 0.4) is 0 Å². The zero-order chi connectivity index (χ0) is 15.6. The van der Waals surface area contributed by atoms with Crippen molar-refractivity contribution in [1.82, 2.24) is 0 Å². The summed E-state index contributed by atoms with van der Waals surface area (Å²) in [7, 11) is -3.10. The average Bonchev–Trinajstić information content (AvgIpc) is 2.86. The first-order valence-corrected chi connectivity index (χ1v) is 9.10. The van der Waals surface area contributed by atoms with Crippen molar-refractivity contribution < 1.29 is 8.42 Å². The predicted octanol–water partition coefficient (Wildman–Crippen LogP) is 3.66. The molecule has 2 aromatic rings. The Balaban J connectivity index is 1.92. The van der Waals surface area contributed by atoms with Crippen molar-refractivity contribution in [3.8, 4) is 0 Å². The van der Waals surface area contributed by atoms with Crippen LogP contribution in [0.1, 0.15) is 5.56 Å². The van der Waals surface area contributed by atoms with Crippen LogP contribution in [0.5, 0.6) is 0 Å². The number of rotatable bonds is 4. The van der Waals surface area contributed by atoms with Crippen LogP contribution in [0.15, 0.2) is 66.1 Å². The summed E-state index contributed by atoms with van der Waals surface area (Å²) in [6.45, 7) is 0.606. The number of para-hydroxylation sites is 1. The fourth-order valence-corrected chi connectivity index (χ4v) is 4.12. The molecule has 3 rings (SSSR count). The lowest BCUT2D eigenvalue weighted by atomic mass is 10.1. The normalized spacial score (nSPS) is 19.2. The largest absolute Gasteiger partial charge is 0.360 e. The van der Waals surface area contributed by atoms with Crippen molar-refractivity contribution >= 4 is 27.1 Å². The lowest BCUT2D eigenvalue weighted by molar-refractivity contribution is 0.601. The molecule has 0 amide bonds. The molecule has 0 fully saturated rings. The minimum absolute atomic E-state index is 0.114. The Morgan fingerprint density at radius 1 is 1.09 bits per heavy atom. The Morgan fingerprint density at radius 3 is 2.50 bits per heavy atom. The second-order valence-electron chi connectivity index (χ2n) is 5.32. The zero-order valence-corrected chi connectivity index (χ0v) is 13.5. The fraction of sp³-hybridized carbons (Fsp3) is 0.176. The van der Waals surface area contributed by atoms with Crippen molar-refractivity contribution in [2.75, 3.05) is 10.7 Å². The standard InChI is InChI=1S/C17H16ClNO2S/c18-15-6-4-5-14(11-15)12-19(16-7-2-1-3-8-16)17-9-10-22(20,21)13-17/h1-11,17H,12-13H2/t17-/m0/s1. The minimum Gasteiger partial charge on any atom is -0.360 e. The monoisotopic (exact) mass is 333 g/mol. The summed E-state index contributed by atoms with van der Waals surface area (Å²) in [5.41, 5.74) is 2.04. The van der Waals surface area contributed by atoms with Gasteiger partial charge in [-0.25, -0.2) is 8.42 Å². The van der Waals surface area contributed by atoms with Crippen LogP contribution in [-0.2, 0) is 16.4 Å². The lowest BCUT2D eigenvalue weighted by Gasteiger charge is -2.30. The molecule has 0 saturated heterocycles. The topological polar surface area (TPSA) is 37.4 Å². The maximum Gasteiger partial charge on any atom is 0.173 e. The van der Waals surface area contributed by atoms with Gasteiger partial charge >= 0.3 is 0 Å². The number of anilines is 1. The second kappa shape index (κ2) is 6.15. The van der Waals surface area contributed by atoms with E-state index in [9.17, 15) is 8.42 Å². The summed E-state index contributed by atoms with van der Waals surface area (Å²) < 4.78 is 23.5. The van der Waals surface area contributed by atoms with E-state index in [1.54, 1.807) is 6.08 Å². The molecule has 0 spiro atoms. The molecule has 0 unspecified atom stereocenters. The van der Waals surface area contributed by atoms with Crippen LogP contribution in [0.4, 0.5) is 5.69 Å². The summed E-state index contributed by atoms with van der Waals surface area (Å²) in [6.07, 6.45) is 1.76. The van der Waals surface area contributed by atoms with Gasteiger partial charge in [-0.1, -0.05) is 41.9 Å². The number of sulfone groups is 1. The average molecular weight is 334 g/mol. The second-order valence-corrected chi connectivity index (χ2v) is 7.69. The summed E-state index contributed by atoms with van der Waals surface area (Å²) in [5.74, 6) is 0.114. The van der Waals surface area contributed by atoms with E-state index >= 15 is 0 Å². The molecule has 1 heterocycles. The van der Waals surface area contributed by atoms with E-state index in [1.165, 1.54) is 5.41 Å². The third-order valence-electron chi connectivity index (χ3n) is 3.64.